The average molecular weight is 302 g/mol. The summed E-state index contributed by atoms with van der Waals surface area (Å²) in [7, 11) is 0. The number of nitrogens with two attached hydrogens (primary N) is 1. The molecule has 108 valence electrons. The number of benzene rings is 2. The van der Waals surface area contributed by atoms with Crippen LogP contribution in [0.3, 0.4) is 0 Å². The van der Waals surface area contributed by atoms with Gasteiger partial charge in [-0.2, -0.15) is 4.68 Å². The zero-order chi connectivity index (χ0) is 13.8. The zero-order valence-corrected chi connectivity index (χ0v) is 12.2. The Morgan fingerprint density at radius 2 is 1.67 bits per heavy atom. The fourth-order valence-corrected chi connectivity index (χ4v) is 2.10. The maximum Gasteiger partial charge on any atom is 0.187 e. The highest BCUT2D eigenvalue weighted by Crippen LogP contribution is 2.19. The fourth-order valence-electron chi connectivity index (χ4n) is 2.10. The zero-order valence-electron chi connectivity index (χ0n) is 11.4. The number of halogens is 1. The van der Waals surface area contributed by atoms with Gasteiger partial charge in [-0.25, -0.2) is 0 Å². The van der Waals surface area contributed by atoms with Crippen molar-refractivity contribution in [3.8, 4) is 17.1 Å². The van der Waals surface area contributed by atoms with Gasteiger partial charge in [-0.15, -0.1) is 17.5 Å². The molecule has 0 spiro atoms. The number of hydrogen-bond donors (Lipinski definition) is 1. The van der Waals surface area contributed by atoms with Gasteiger partial charge in [0.25, 0.3) is 0 Å². The van der Waals surface area contributed by atoms with Crippen molar-refractivity contribution in [2.24, 2.45) is 5.73 Å². The van der Waals surface area contributed by atoms with Crippen LogP contribution in [0.1, 0.15) is 5.56 Å². The molecular weight excluding hydrogens is 286 g/mol. The van der Waals surface area contributed by atoms with E-state index in [0.717, 1.165) is 23.5 Å². The molecule has 0 bridgehead atoms. The highest BCUT2D eigenvalue weighted by molar-refractivity contribution is 5.85. The van der Waals surface area contributed by atoms with Gasteiger partial charge in [0.1, 0.15) is 0 Å². The summed E-state index contributed by atoms with van der Waals surface area (Å²) >= 11 is 0. The Kier molecular flexibility index (Phi) is 5.03. The van der Waals surface area contributed by atoms with Crippen LogP contribution in [0.25, 0.3) is 17.1 Å². The summed E-state index contributed by atoms with van der Waals surface area (Å²) in [6.07, 6.45) is 0.879. The maximum absolute atomic E-state index is 5.56. The number of aromatic nitrogens is 4. The molecule has 2 N–H and O–H groups in total. The molecule has 0 aliphatic carbocycles. The second-order valence-corrected chi connectivity index (χ2v) is 4.49. The van der Waals surface area contributed by atoms with Crippen molar-refractivity contribution in [1.82, 2.24) is 20.2 Å². The molecule has 1 heterocycles. The van der Waals surface area contributed by atoms with Crippen LogP contribution >= 0.6 is 12.4 Å². The first-order valence-electron chi connectivity index (χ1n) is 6.51. The van der Waals surface area contributed by atoms with E-state index in [1.54, 1.807) is 4.68 Å². The Bertz CT molecular complexity index is 679. The van der Waals surface area contributed by atoms with E-state index >= 15 is 0 Å². The summed E-state index contributed by atoms with van der Waals surface area (Å²) in [5.74, 6) is 0.732. The highest BCUT2D eigenvalue weighted by atomic mass is 35.5. The van der Waals surface area contributed by atoms with Gasteiger partial charge < -0.3 is 5.73 Å². The molecular formula is C15H16ClN5. The van der Waals surface area contributed by atoms with Crippen LogP contribution in [0.4, 0.5) is 0 Å². The van der Waals surface area contributed by atoms with E-state index in [4.69, 9.17) is 5.73 Å². The van der Waals surface area contributed by atoms with E-state index in [1.807, 2.05) is 42.5 Å². The molecule has 0 fully saturated rings. The van der Waals surface area contributed by atoms with Crippen LogP contribution < -0.4 is 5.73 Å². The minimum Gasteiger partial charge on any atom is -0.330 e. The van der Waals surface area contributed by atoms with E-state index in [0.29, 0.717) is 6.54 Å². The molecule has 0 amide bonds. The van der Waals surface area contributed by atoms with Crippen molar-refractivity contribution in [1.29, 1.82) is 0 Å². The third kappa shape index (κ3) is 3.26. The molecule has 1 aromatic heterocycles. The van der Waals surface area contributed by atoms with Crippen LogP contribution in [-0.2, 0) is 6.42 Å². The van der Waals surface area contributed by atoms with Crippen molar-refractivity contribution in [3.05, 3.63) is 60.2 Å². The van der Waals surface area contributed by atoms with Gasteiger partial charge in [-0.3, -0.25) is 0 Å². The Labute approximate surface area is 129 Å². The van der Waals surface area contributed by atoms with Crippen LogP contribution in [0.2, 0.25) is 0 Å². The molecule has 0 saturated carbocycles. The van der Waals surface area contributed by atoms with Gasteiger partial charge in [0.2, 0.25) is 0 Å². The summed E-state index contributed by atoms with van der Waals surface area (Å²) in [5.41, 5.74) is 8.70. The quantitative estimate of drug-likeness (QED) is 0.802. The van der Waals surface area contributed by atoms with Gasteiger partial charge in [0, 0.05) is 5.56 Å². The Morgan fingerprint density at radius 3 is 2.33 bits per heavy atom. The van der Waals surface area contributed by atoms with E-state index < -0.39 is 0 Å². The topological polar surface area (TPSA) is 69.6 Å². The minimum absolute atomic E-state index is 0. The predicted molar refractivity (Wildman–Crippen MR) is 84.6 cm³/mol. The smallest absolute Gasteiger partial charge is 0.187 e. The molecule has 5 nitrogen and oxygen atoms in total. The molecule has 0 aliphatic heterocycles. The molecule has 0 saturated heterocycles. The first-order valence-corrected chi connectivity index (χ1v) is 6.51. The van der Waals surface area contributed by atoms with E-state index in [9.17, 15) is 0 Å². The number of hydrogen-bond acceptors (Lipinski definition) is 4. The summed E-state index contributed by atoms with van der Waals surface area (Å²) in [5, 5.41) is 11.9. The molecule has 3 aromatic rings. The Morgan fingerprint density at radius 1 is 0.952 bits per heavy atom. The van der Waals surface area contributed by atoms with Gasteiger partial charge in [0.15, 0.2) is 5.82 Å². The molecule has 0 atom stereocenters. The van der Waals surface area contributed by atoms with Crippen LogP contribution in [-0.4, -0.2) is 26.8 Å². The lowest BCUT2D eigenvalue weighted by Gasteiger charge is -2.05. The largest absolute Gasteiger partial charge is 0.330 e. The van der Waals surface area contributed by atoms with Crippen molar-refractivity contribution >= 4 is 12.4 Å². The SMILES string of the molecule is Cl.NCCc1ccc(-c2nnnn2-c2ccccc2)cc1. The maximum atomic E-state index is 5.56. The van der Waals surface area contributed by atoms with Crippen molar-refractivity contribution in [3.63, 3.8) is 0 Å². The van der Waals surface area contributed by atoms with Crippen LogP contribution in [0.15, 0.2) is 54.6 Å². The molecule has 3 rings (SSSR count). The predicted octanol–water partition coefficient (Wildman–Crippen LogP) is 2.25. The minimum atomic E-state index is 0. The van der Waals surface area contributed by atoms with E-state index in [-0.39, 0.29) is 12.4 Å². The summed E-state index contributed by atoms with van der Waals surface area (Å²) < 4.78 is 1.73. The molecule has 2 aromatic carbocycles. The van der Waals surface area contributed by atoms with Crippen molar-refractivity contribution in [2.45, 2.75) is 6.42 Å². The van der Waals surface area contributed by atoms with Crippen molar-refractivity contribution < 1.29 is 0 Å². The molecule has 6 heteroatoms. The summed E-state index contributed by atoms with van der Waals surface area (Å²) in [4.78, 5) is 0. The average Bonchev–Trinajstić information content (AvgIpc) is 2.99. The Hall–Kier alpha value is -2.24. The number of tetrazole rings is 1. The third-order valence-corrected chi connectivity index (χ3v) is 3.12. The van der Waals surface area contributed by atoms with Crippen molar-refractivity contribution in [2.75, 3.05) is 6.54 Å². The first-order chi connectivity index (χ1) is 9.88. The lowest BCUT2D eigenvalue weighted by Crippen LogP contribution is -2.03. The Balaban J connectivity index is 0.00000161. The second-order valence-electron chi connectivity index (χ2n) is 4.49. The summed E-state index contributed by atoms with van der Waals surface area (Å²) in [6, 6.07) is 18.0. The third-order valence-electron chi connectivity index (χ3n) is 3.12. The normalized spacial score (nSPS) is 10.1. The molecule has 0 radical (unpaired) electrons. The number of rotatable bonds is 4. The monoisotopic (exact) mass is 301 g/mol. The highest BCUT2D eigenvalue weighted by Gasteiger charge is 2.10. The standard InChI is InChI=1S/C15H15N5.ClH/c16-11-10-12-6-8-13(9-7-12)15-17-18-19-20(15)14-4-2-1-3-5-14;/h1-9H,10-11,16H2;1H. The number of para-hydroxylation sites is 1. The van der Waals surface area contributed by atoms with E-state index in [2.05, 4.69) is 27.7 Å². The first kappa shape index (κ1) is 15.2. The van der Waals surface area contributed by atoms with Crippen LogP contribution in [0, 0.1) is 0 Å². The van der Waals surface area contributed by atoms with Gasteiger partial charge in [0.05, 0.1) is 5.69 Å². The van der Waals surface area contributed by atoms with Gasteiger partial charge in [-0.1, -0.05) is 42.5 Å². The van der Waals surface area contributed by atoms with Gasteiger partial charge in [-0.05, 0) is 41.1 Å². The molecule has 0 unspecified atom stereocenters. The molecule has 21 heavy (non-hydrogen) atoms. The fraction of sp³-hybridized carbons (Fsp3) is 0.133. The van der Waals surface area contributed by atoms with Gasteiger partial charge >= 0.3 is 0 Å². The van der Waals surface area contributed by atoms with E-state index in [1.165, 1.54) is 5.56 Å². The lowest BCUT2D eigenvalue weighted by molar-refractivity contribution is 0.791. The second kappa shape index (κ2) is 6.97. The molecule has 0 aliphatic rings. The lowest BCUT2D eigenvalue weighted by atomic mass is 10.1. The number of nitrogens with zero attached hydrogens (tertiary/aromatic N) is 4. The summed E-state index contributed by atoms with van der Waals surface area (Å²) in [6.45, 7) is 0.654. The van der Waals surface area contributed by atoms with Crippen LogP contribution in [0.5, 0.6) is 0 Å².